The quantitative estimate of drug-likeness (QED) is 0.602. The lowest BCUT2D eigenvalue weighted by Crippen LogP contribution is -2.51. The molecule has 0 saturated heterocycles. The van der Waals surface area contributed by atoms with Crippen LogP contribution in [0.2, 0.25) is 5.02 Å². The van der Waals surface area contributed by atoms with Gasteiger partial charge in [-0.1, -0.05) is 49.6 Å². The standard InChI is InChI=1S/C14H21ClN4O2/c1-2-3-8-12(16)13(20)18-19-14(21)17-9-10-6-4-5-7-11(10)15/h4-7,12H,2-3,8-9,16H2,1H3,(H,18,20)(H2,17,19,21)/t12-/m1/s1. The van der Waals surface area contributed by atoms with E-state index >= 15 is 0 Å². The number of carbonyl (C=O) groups is 2. The summed E-state index contributed by atoms with van der Waals surface area (Å²) in [6.07, 6.45) is 2.42. The Hall–Kier alpha value is -1.79. The van der Waals surface area contributed by atoms with Crippen molar-refractivity contribution in [2.45, 2.75) is 38.8 Å². The normalized spacial score (nSPS) is 11.6. The molecule has 116 valence electrons. The molecule has 1 atom stereocenters. The Balaban J connectivity index is 2.28. The molecule has 0 bridgehead atoms. The van der Waals surface area contributed by atoms with Crippen LogP contribution in [0.25, 0.3) is 0 Å². The van der Waals surface area contributed by atoms with Gasteiger partial charge in [0.15, 0.2) is 0 Å². The van der Waals surface area contributed by atoms with Crippen molar-refractivity contribution in [2.24, 2.45) is 5.73 Å². The molecular weight excluding hydrogens is 292 g/mol. The van der Waals surface area contributed by atoms with Crippen molar-refractivity contribution in [1.29, 1.82) is 0 Å². The summed E-state index contributed by atoms with van der Waals surface area (Å²) in [6, 6.07) is 6.05. The van der Waals surface area contributed by atoms with Crippen molar-refractivity contribution >= 4 is 23.5 Å². The Kier molecular flexibility index (Phi) is 7.56. The van der Waals surface area contributed by atoms with E-state index in [4.69, 9.17) is 17.3 Å². The van der Waals surface area contributed by atoms with Gasteiger partial charge >= 0.3 is 6.03 Å². The Labute approximate surface area is 129 Å². The second-order valence-corrected chi connectivity index (χ2v) is 5.04. The fourth-order valence-corrected chi connectivity index (χ4v) is 1.83. The van der Waals surface area contributed by atoms with Crippen LogP contribution < -0.4 is 21.9 Å². The zero-order chi connectivity index (χ0) is 15.7. The minimum absolute atomic E-state index is 0.267. The first kappa shape index (κ1) is 17.3. The van der Waals surface area contributed by atoms with Crippen LogP contribution in [0, 0.1) is 0 Å². The van der Waals surface area contributed by atoms with Crippen LogP contribution >= 0.6 is 11.6 Å². The zero-order valence-electron chi connectivity index (χ0n) is 12.0. The summed E-state index contributed by atoms with van der Waals surface area (Å²) in [7, 11) is 0. The second-order valence-electron chi connectivity index (χ2n) is 4.64. The Morgan fingerprint density at radius 1 is 1.29 bits per heavy atom. The van der Waals surface area contributed by atoms with Gasteiger partial charge < -0.3 is 11.1 Å². The lowest BCUT2D eigenvalue weighted by atomic mass is 10.1. The van der Waals surface area contributed by atoms with E-state index in [9.17, 15) is 9.59 Å². The number of carbonyl (C=O) groups excluding carboxylic acids is 2. The van der Waals surface area contributed by atoms with Crippen molar-refractivity contribution in [3.63, 3.8) is 0 Å². The summed E-state index contributed by atoms with van der Waals surface area (Å²) >= 11 is 5.97. The molecule has 0 aromatic heterocycles. The molecule has 0 fully saturated rings. The van der Waals surface area contributed by atoms with Crippen LogP contribution in [0.3, 0.4) is 0 Å². The first-order chi connectivity index (χ1) is 10.0. The topological polar surface area (TPSA) is 96.2 Å². The van der Waals surface area contributed by atoms with E-state index in [1.807, 2.05) is 25.1 Å². The molecule has 0 aliphatic carbocycles. The van der Waals surface area contributed by atoms with Gasteiger partial charge in [-0.3, -0.25) is 10.2 Å². The van der Waals surface area contributed by atoms with Crippen LogP contribution in [0.15, 0.2) is 24.3 Å². The highest BCUT2D eigenvalue weighted by molar-refractivity contribution is 6.31. The number of benzene rings is 1. The maximum Gasteiger partial charge on any atom is 0.333 e. The molecule has 5 N–H and O–H groups in total. The summed E-state index contributed by atoms with van der Waals surface area (Å²) in [5.74, 6) is -0.406. The Morgan fingerprint density at radius 3 is 2.67 bits per heavy atom. The maximum atomic E-state index is 11.6. The molecule has 3 amide bonds. The number of nitrogens with one attached hydrogen (secondary N) is 3. The lowest BCUT2D eigenvalue weighted by Gasteiger charge is -2.13. The molecule has 7 heteroatoms. The monoisotopic (exact) mass is 312 g/mol. The van der Waals surface area contributed by atoms with Gasteiger partial charge in [-0.25, -0.2) is 10.2 Å². The van der Waals surface area contributed by atoms with Gasteiger partial charge in [0.1, 0.15) is 0 Å². The fraction of sp³-hybridized carbons (Fsp3) is 0.429. The number of halogens is 1. The minimum atomic E-state index is -0.617. The average molecular weight is 313 g/mol. The van der Waals surface area contributed by atoms with Gasteiger partial charge in [-0.15, -0.1) is 0 Å². The highest BCUT2D eigenvalue weighted by Gasteiger charge is 2.13. The summed E-state index contributed by atoms with van der Waals surface area (Å²) in [4.78, 5) is 23.1. The van der Waals surface area contributed by atoms with E-state index in [2.05, 4.69) is 16.2 Å². The van der Waals surface area contributed by atoms with Gasteiger partial charge in [0, 0.05) is 11.6 Å². The van der Waals surface area contributed by atoms with Gasteiger partial charge in [-0.2, -0.15) is 0 Å². The Bertz CT molecular complexity index is 482. The van der Waals surface area contributed by atoms with Crippen LogP contribution in [-0.4, -0.2) is 18.0 Å². The number of amides is 3. The van der Waals surface area contributed by atoms with Crippen LogP contribution in [0.1, 0.15) is 31.7 Å². The third-order valence-corrected chi connectivity index (χ3v) is 3.27. The molecule has 1 aromatic rings. The van der Waals surface area contributed by atoms with Crippen molar-refractivity contribution in [1.82, 2.24) is 16.2 Å². The van der Waals surface area contributed by atoms with E-state index in [-0.39, 0.29) is 6.54 Å². The highest BCUT2D eigenvalue weighted by atomic mass is 35.5. The predicted molar refractivity (Wildman–Crippen MR) is 82.5 cm³/mol. The second kappa shape index (κ2) is 9.20. The average Bonchev–Trinajstić information content (AvgIpc) is 2.49. The van der Waals surface area contributed by atoms with Gasteiger partial charge in [-0.05, 0) is 18.1 Å². The number of unbranched alkanes of at least 4 members (excludes halogenated alkanes) is 1. The molecule has 0 saturated carbocycles. The van der Waals surface area contributed by atoms with E-state index < -0.39 is 18.0 Å². The van der Waals surface area contributed by atoms with Gasteiger partial charge in [0.25, 0.3) is 5.91 Å². The highest BCUT2D eigenvalue weighted by Crippen LogP contribution is 2.13. The SMILES string of the molecule is CCCC[C@@H](N)C(=O)NNC(=O)NCc1ccccc1Cl. The van der Waals surface area contributed by atoms with Crippen molar-refractivity contribution < 1.29 is 9.59 Å². The van der Waals surface area contributed by atoms with Crippen LogP contribution in [-0.2, 0) is 11.3 Å². The largest absolute Gasteiger partial charge is 0.333 e. The molecule has 0 aliphatic rings. The van der Waals surface area contributed by atoms with E-state index in [0.29, 0.717) is 11.4 Å². The summed E-state index contributed by atoms with van der Waals surface area (Å²) < 4.78 is 0. The van der Waals surface area contributed by atoms with Gasteiger partial charge in [0.05, 0.1) is 6.04 Å². The van der Waals surface area contributed by atoms with Crippen molar-refractivity contribution in [2.75, 3.05) is 0 Å². The molecule has 21 heavy (non-hydrogen) atoms. The van der Waals surface area contributed by atoms with Crippen molar-refractivity contribution in [3.05, 3.63) is 34.9 Å². The number of urea groups is 1. The lowest BCUT2D eigenvalue weighted by molar-refractivity contribution is -0.123. The molecule has 0 heterocycles. The molecule has 0 unspecified atom stereocenters. The number of hydrogen-bond acceptors (Lipinski definition) is 3. The third kappa shape index (κ3) is 6.46. The van der Waals surface area contributed by atoms with Crippen molar-refractivity contribution in [3.8, 4) is 0 Å². The molecule has 0 aliphatic heterocycles. The molecule has 1 aromatic carbocycles. The predicted octanol–water partition coefficient (Wildman–Crippen LogP) is 1.69. The molecule has 1 rings (SSSR count). The third-order valence-electron chi connectivity index (χ3n) is 2.90. The molecule has 6 nitrogen and oxygen atoms in total. The molecule has 0 spiro atoms. The Morgan fingerprint density at radius 2 is 2.00 bits per heavy atom. The van der Waals surface area contributed by atoms with Gasteiger partial charge in [0.2, 0.25) is 0 Å². The molecular formula is C14H21ClN4O2. The van der Waals surface area contributed by atoms with Crippen LogP contribution in [0.4, 0.5) is 4.79 Å². The zero-order valence-corrected chi connectivity index (χ0v) is 12.7. The van der Waals surface area contributed by atoms with E-state index in [1.165, 1.54) is 0 Å². The van der Waals surface area contributed by atoms with E-state index in [1.54, 1.807) is 6.07 Å². The maximum absolute atomic E-state index is 11.6. The first-order valence-electron chi connectivity index (χ1n) is 6.87. The molecule has 0 radical (unpaired) electrons. The smallest absolute Gasteiger partial charge is 0.333 e. The summed E-state index contributed by atoms with van der Waals surface area (Å²) in [5, 5.41) is 3.16. The van der Waals surface area contributed by atoms with E-state index in [0.717, 1.165) is 18.4 Å². The van der Waals surface area contributed by atoms with Crippen LogP contribution in [0.5, 0.6) is 0 Å². The first-order valence-corrected chi connectivity index (χ1v) is 7.25. The summed E-state index contributed by atoms with van der Waals surface area (Å²) in [6.45, 7) is 2.29. The minimum Gasteiger partial charge on any atom is -0.333 e. The number of nitrogens with two attached hydrogens (primary N) is 1. The fourth-order valence-electron chi connectivity index (χ4n) is 1.63. The summed E-state index contributed by atoms with van der Waals surface area (Å²) in [5.41, 5.74) is 11.0. The number of hydrogen-bond donors (Lipinski definition) is 4. The number of rotatable bonds is 6. The number of hydrazine groups is 1.